The fraction of sp³-hybridized carbons (Fsp3) is 0.281. The largest absolute Gasteiger partial charge is 0.493 e. The second-order valence-electron chi connectivity index (χ2n) is 10.4. The molecule has 2 aromatic carbocycles. The standard InChI is InChI=1S/C32H35N7O5/c1-38-25(16-23(37-38)17-28(41)43-3)29-24-8-6-5-7-20(24)11-12-39(29)27(40)10-9-21-13-19(15-26(42-2)30(21)44-4)14-22-18-35-32(34)36-31(22)33/h5-10,13,15-16,18,29H,11-12,14,17H2,1-4H3,(H4,33,34,35,36)/b10-9+. The van der Waals surface area contributed by atoms with E-state index in [2.05, 4.69) is 21.1 Å². The lowest BCUT2D eigenvalue weighted by Gasteiger charge is -2.37. The van der Waals surface area contributed by atoms with Crippen molar-refractivity contribution in [1.82, 2.24) is 24.6 Å². The van der Waals surface area contributed by atoms with Crippen molar-refractivity contribution in [2.45, 2.75) is 25.3 Å². The van der Waals surface area contributed by atoms with E-state index in [0.717, 1.165) is 22.4 Å². The van der Waals surface area contributed by atoms with E-state index in [4.69, 9.17) is 25.7 Å². The molecule has 3 heterocycles. The van der Waals surface area contributed by atoms with Crippen LogP contribution in [0.5, 0.6) is 11.5 Å². The molecule has 12 nitrogen and oxygen atoms in total. The number of hydrogen-bond donors (Lipinski definition) is 2. The maximum Gasteiger partial charge on any atom is 0.311 e. The number of aryl methyl sites for hydroxylation is 1. The van der Waals surface area contributed by atoms with Crippen LogP contribution in [-0.4, -0.2) is 64.4 Å². The minimum absolute atomic E-state index is 0.0403. The Kier molecular flexibility index (Phi) is 8.79. The number of nitrogens with two attached hydrogens (primary N) is 2. The van der Waals surface area contributed by atoms with Crippen LogP contribution in [0.4, 0.5) is 11.8 Å². The first-order chi connectivity index (χ1) is 21.2. The zero-order valence-electron chi connectivity index (χ0n) is 25.1. The van der Waals surface area contributed by atoms with Gasteiger partial charge in [0.2, 0.25) is 11.9 Å². The van der Waals surface area contributed by atoms with Gasteiger partial charge in [0.15, 0.2) is 11.5 Å². The van der Waals surface area contributed by atoms with Crippen molar-refractivity contribution < 1.29 is 23.8 Å². The predicted octanol–water partition coefficient (Wildman–Crippen LogP) is 2.89. The van der Waals surface area contributed by atoms with Crippen molar-refractivity contribution in [3.05, 3.63) is 93.9 Å². The smallest absolute Gasteiger partial charge is 0.311 e. The molecule has 4 N–H and O–H groups in total. The van der Waals surface area contributed by atoms with E-state index >= 15 is 0 Å². The molecule has 1 atom stereocenters. The maximum atomic E-state index is 13.9. The van der Waals surface area contributed by atoms with Crippen molar-refractivity contribution >= 4 is 29.7 Å². The first-order valence-corrected chi connectivity index (χ1v) is 14.0. The van der Waals surface area contributed by atoms with E-state index in [1.165, 1.54) is 13.2 Å². The molecule has 0 spiro atoms. The van der Waals surface area contributed by atoms with E-state index in [-0.39, 0.29) is 24.2 Å². The van der Waals surface area contributed by atoms with Crippen molar-refractivity contribution in [3.8, 4) is 11.5 Å². The molecule has 1 aliphatic heterocycles. The molecular formula is C32H35N7O5. The van der Waals surface area contributed by atoms with Gasteiger partial charge in [0.1, 0.15) is 5.82 Å². The summed E-state index contributed by atoms with van der Waals surface area (Å²) in [5.74, 6) is 0.813. The van der Waals surface area contributed by atoms with Crippen molar-refractivity contribution in [2.75, 3.05) is 39.3 Å². The number of rotatable bonds is 9. The Balaban J connectivity index is 1.49. The van der Waals surface area contributed by atoms with Gasteiger partial charge in [-0.05, 0) is 47.4 Å². The van der Waals surface area contributed by atoms with Crippen molar-refractivity contribution in [2.24, 2.45) is 7.05 Å². The predicted molar refractivity (Wildman–Crippen MR) is 165 cm³/mol. The number of benzene rings is 2. The number of nitrogen functional groups attached to an aromatic ring is 2. The number of esters is 1. The number of nitrogens with zero attached hydrogens (tertiary/aromatic N) is 5. The van der Waals surface area contributed by atoms with Gasteiger partial charge >= 0.3 is 5.97 Å². The Labute approximate surface area is 255 Å². The van der Waals surface area contributed by atoms with Crippen LogP contribution in [0.2, 0.25) is 0 Å². The molecule has 5 rings (SSSR count). The number of carbonyl (C=O) groups is 2. The summed E-state index contributed by atoms with van der Waals surface area (Å²) in [5, 5.41) is 4.54. The molecule has 228 valence electrons. The first-order valence-electron chi connectivity index (χ1n) is 14.0. The van der Waals surface area contributed by atoms with Gasteiger partial charge < -0.3 is 30.6 Å². The monoisotopic (exact) mass is 597 g/mol. The van der Waals surface area contributed by atoms with Gasteiger partial charge in [-0.15, -0.1) is 0 Å². The van der Waals surface area contributed by atoms with Crippen LogP contribution in [0, 0.1) is 0 Å². The van der Waals surface area contributed by atoms with Gasteiger partial charge in [-0.2, -0.15) is 10.1 Å². The van der Waals surface area contributed by atoms with Crippen LogP contribution in [-0.2, 0) is 40.6 Å². The van der Waals surface area contributed by atoms with E-state index < -0.39 is 6.04 Å². The first kappa shape index (κ1) is 30.1. The Morgan fingerprint density at radius 2 is 1.89 bits per heavy atom. The molecule has 0 saturated heterocycles. The number of methoxy groups -OCH3 is 3. The Hall–Kier alpha value is -5.39. The molecule has 0 bridgehead atoms. The molecule has 0 aliphatic carbocycles. The lowest BCUT2D eigenvalue weighted by atomic mass is 9.90. The van der Waals surface area contributed by atoms with Gasteiger partial charge in [-0.1, -0.05) is 24.3 Å². The summed E-state index contributed by atoms with van der Waals surface area (Å²) in [4.78, 5) is 35.8. The second kappa shape index (κ2) is 12.9. The molecule has 2 aromatic heterocycles. The van der Waals surface area contributed by atoms with E-state index in [1.807, 2.05) is 48.3 Å². The topological polar surface area (TPSA) is 161 Å². The molecule has 4 aromatic rings. The molecule has 0 saturated carbocycles. The molecule has 0 fully saturated rings. The molecular weight excluding hydrogens is 562 g/mol. The van der Waals surface area contributed by atoms with E-state index in [9.17, 15) is 9.59 Å². The highest BCUT2D eigenvalue weighted by molar-refractivity contribution is 5.93. The molecule has 1 unspecified atom stereocenters. The summed E-state index contributed by atoms with van der Waals surface area (Å²) in [6.07, 6.45) is 6.01. The summed E-state index contributed by atoms with van der Waals surface area (Å²) in [5.41, 5.74) is 17.5. The summed E-state index contributed by atoms with van der Waals surface area (Å²) < 4.78 is 17.8. The Bertz CT molecular complexity index is 1730. The fourth-order valence-corrected chi connectivity index (χ4v) is 5.55. The third kappa shape index (κ3) is 6.19. The van der Waals surface area contributed by atoms with Crippen LogP contribution in [0.3, 0.4) is 0 Å². The number of anilines is 2. The number of ether oxygens (including phenoxy) is 3. The highest BCUT2D eigenvalue weighted by Crippen LogP contribution is 2.37. The second-order valence-corrected chi connectivity index (χ2v) is 10.4. The number of aromatic nitrogens is 4. The van der Waals surface area contributed by atoms with Crippen LogP contribution in [0.1, 0.15) is 45.2 Å². The SMILES string of the molecule is COC(=O)Cc1cc(C2c3ccccc3CCN2C(=O)/C=C/c2cc(Cc3cnc(N)nc3N)cc(OC)c2OC)n(C)n1. The summed E-state index contributed by atoms with van der Waals surface area (Å²) in [6, 6.07) is 13.3. The fourth-order valence-electron chi connectivity index (χ4n) is 5.55. The highest BCUT2D eigenvalue weighted by atomic mass is 16.5. The van der Waals surface area contributed by atoms with E-state index in [0.29, 0.717) is 53.5 Å². The van der Waals surface area contributed by atoms with Gasteiger partial charge in [0, 0.05) is 43.4 Å². The van der Waals surface area contributed by atoms with Gasteiger partial charge in [0.25, 0.3) is 0 Å². The summed E-state index contributed by atoms with van der Waals surface area (Å²) in [7, 11) is 6.26. The minimum atomic E-state index is -0.405. The minimum Gasteiger partial charge on any atom is -0.493 e. The number of carbonyl (C=O) groups excluding carboxylic acids is 2. The zero-order chi connectivity index (χ0) is 31.4. The van der Waals surface area contributed by atoms with Crippen LogP contribution in [0.15, 0.2) is 54.7 Å². The molecule has 1 aliphatic rings. The number of fused-ring (bicyclic) bond motifs is 1. The van der Waals surface area contributed by atoms with Gasteiger partial charge in [-0.3, -0.25) is 14.3 Å². The summed E-state index contributed by atoms with van der Waals surface area (Å²) in [6.45, 7) is 0.499. The van der Waals surface area contributed by atoms with Gasteiger partial charge in [0.05, 0.1) is 45.2 Å². The lowest BCUT2D eigenvalue weighted by Crippen LogP contribution is -2.40. The number of hydrogen-bond acceptors (Lipinski definition) is 10. The highest BCUT2D eigenvalue weighted by Gasteiger charge is 2.33. The molecule has 12 heteroatoms. The van der Waals surface area contributed by atoms with Crippen LogP contribution < -0.4 is 20.9 Å². The van der Waals surface area contributed by atoms with Crippen LogP contribution >= 0.6 is 0 Å². The molecule has 44 heavy (non-hydrogen) atoms. The lowest BCUT2D eigenvalue weighted by molar-refractivity contribution is -0.139. The van der Waals surface area contributed by atoms with E-state index in [1.54, 1.807) is 31.2 Å². The van der Waals surface area contributed by atoms with Crippen molar-refractivity contribution in [1.29, 1.82) is 0 Å². The quantitative estimate of drug-likeness (QED) is 0.217. The van der Waals surface area contributed by atoms with Crippen LogP contribution in [0.25, 0.3) is 6.08 Å². The third-order valence-corrected chi connectivity index (χ3v) is 7.65. The maximum absolute atomic E-state index is 13.9. The normalized spacial score (nSPS) is 14.4. The average Bonchev–Trinajstić information content (AvgIpc) is 3.38. The van der Waals surface area contributed by atoms with Crippen molar-refractivity contribution in [3.63, 3.8) is 0 Å². The summed E-state index contributed by atoms with van der Waals surface area (Å²) >= 11 is 0. The number of amides is 1. The average molecular weight is 598 g/mol. The Morgan fingerprint density at radius 3 is 2.61 bits per heavy atom. The third-order valence-electron chi connectivity index (χ3n) is 7.65. The zero-order valence-corrected chi connectivity index (χ0v) is 25.1. The van der Waals surface area contributed by atoms with Gasteiger partial charge in [-0.25, -0.2) is 4.98 Å². The molecule has 1 amide bonds. The molecule has 0 radical (unpaired) electrons. The Morgan fingerprint density at radius 1 is 1.09 bits per heavy atom.